The summed E-state index contributed by atoms with van der Waals surface area (Å²) in [5.41, 5.74) is 0. The van der Waals surface area contributed by atoms with Crippen molar-refractivity contribution in [2.24, 2.45) is 53.3 Å². The summed E-state index contributed by atoms with van der Waals surface area (Å²) in [6, 6.07) is 0. The van der Waals surface area contributed by atoms with Gasteiger partial charge < -0.3 is 31.4 Å². The van der Waals surface area contributed by atoms with Gasteiger partial charge in [0.25, 0.3) is 0 Å². The molecule has 1 saturated heterocycles. The lowest BCUT2D eigenvalue weighted by molar-refractivity contribution is -0.140. The fraction of sp³-hybridized carbons (Fsp3) is 1.00. The second-order valence-corrected chi connectivity index (χ2v) is 13.8. The van der Waals surface area contributed by atoms with Crippen molar-refractivity contribution in [2.75, 3.05) is 13.2 Å². The number of fused-ring (bicyclic) bond motifs is 7. The highest BCUT2D eigenvalue weighted by molar-refractivity contribution is 5.02. The van der Waals surface area contributed by atoms with Crippen LogP contribution in [-0.2, 0) is 9.47 Å². The third-order valence-corrected chi connectivity index (χ3v) is 12.2. The predicted octanol–water partition coefficient (Wildman–Crippen LogP) is 5.37. The van der Waals surface area contributed by atoms with Crippen LogP contribution in [0.2, 0.25) is 0 Å². The molecule has 0 spiro atoms. The summed E-state index contributed by atoms with van der Waals surface area (Å²) in [5.74, 6) is 7.95. The zero-order valence-corrected chi connectivity index (χ0v) is 24.3. The molecule has 1 heterocycles. The molecule has 6 heteroatoms. The van der Waals surface area contributed by atoms with Crippen molar-refractivity contribution in [2.45, 2.75) is 135 Å². The Kier molecular flexibility index (Phi) is 14.0. The molecular formula is C32H64O6. The van der Waals surface area contributed by atoms with Crippen molar-refractivity contribution in [3.05, 3.63) is 0 Å². The van der Waals surface area contributed by atoms with Crippen LogP contribution in [0.3, 0.4) is 0 Å². The van der Waals surface area contributed by atoms with Crippen molar-refractivity contribution in [3.8, 4) is 0 Å². The molecule has 6 rings (SSSR count). The molecule has 0 radical (unpaired) electrons. The molecule has 0 bridgehead atoms. The second-order valence-electron chi connectivity index (χ2n) is 13.8. The van der Waals surface area contributed by atoms with Crippen molar-refractivity contribution < 1.29 is 32.8 Å². The Labute approximate surface area is 234 Å². The average Bonchev–Trinajstić information content (AvgIpc) is 2.97. The summed E-state index contributed by atoms with van der Waals surface area (Å²) < 4.78 is 14.2. The van der Waals surface area contributed by atoms with Gasteiger partial charge in [-0.3, -0.25) is 0 Å². The maximum Gasteiger partial charge on any atom is 0.0610 e. The van der Waals surface area contributed by atoms with Gasteiger partial charge in [0.2, 0.25) is 0 Å². The van der Waals surface area contributed by atoms with E-state index in [1.165, 1.54) is 116 Å². The first kappa shape index (κ1) is 34.0. The standard InChI is InChI=1S/C32H54O2.4H2O.H2/c1-2-7-22-12-14-23(15-13-22)26-20-33-29-18-16-24-8-3-5-10-27(24)31(29)32-28-11-6-4-9-25(28)17-19-30(32)34-21-26;;;;;/h22-32H,2-21H2,1H3;4*1H2;1H. The van der Waals surface area contributed by atoms with E-state index in [1.807, 2.05) is 0 Å². The molecule has 38 heavy (non-hydrogen) atoms. The van der Waals surface area contributed by atoms with Gasteiger partial charge >= 0.3 is 0 Å². The van der Waals surface area contributed by atoms with Gasteiger partial charge in [0, 0.05) is 7.34 Å². The minimum atomic E-state index is 0. The molecule has 5 aliphatic carbocycles. The van der Waals surface area contributed by atoms with Crippen LogP contribution in [-0.4, -0.2) is 47.3 Å². The molecule has 6 aliphatic rings. The fourth-order valence-electron chi connectivity index (χ4n) is 10.5. The Morgan fingerprint density at radius 2 is 0.947 bits per heavy atom. The summed E-state index contributed by atoms with van der Waals surface area (Å²) in [5, 5.41) is 0. The lowest BCUT2D eigenvalue weighted by Gasteiger charge is -2.55. The highest BCUT2D eigenvalue weighted by atomic mass is 16.5. The van der Waals surface area contributed by atoms with Crippen molar-refractivity contribution in [1.29, 1.82) is 0 Å². The Morgan fingerprint density at radius 1 is 0.500 bits per heavy atom. The Morgan fingerprint density at radius 3 is 1.42 bits per heavy atom. The van der Waals surface area contributed by atoms with Crippen LogP contribution >= 0.6 is 0 Å². The molecule has 6 nitrogen and oxygen atoms in total. The van der Waals surface area contributed by atoms with Gasteiger partial charge in [0.15, 0.2) is 0 Å². The van der Waals surface area contributed by atoms with E-state index in [-0.39, 0.29) is 23.3 Å². The molecule has 1 aliphatic heterocycles. The summed E-state index contributed by atoms with van der Waals surface area (Å²) in [7, 11) is 0. The summed E-state index contributed by atoms with van der Waals surface area (Å²) >= 11 is 0. The monoisotopic (exact) mass is 544 g/mol. The Bertz CT molecular complexity index is 617. The van der Waals surface area contributed by atoms with Gasteiger partial charge in [-0.05, 0) is 98.7 Å². The SMILES string of the molecule is CCCC1CCC(C2COC3CCC4CCCCC4C3C3C(CCC4CCCCC43)OC2)CC1.O.O.O.O.[HH]. The largest absolute Gasteiger partial charge is 0.412 e. The molecule has 228 valence electrons. The van der Waals surface area contributed by atoms with Crippen LogP contribution in [0, 0.1) is 53.3 Å². The smallest absolute Gasteiger partial charge is 0.0610 e. The zero-order valence-electron chi connectivity index (χ0n) is 24.3. The Balaban J connectivity index is 0.00000152. The van der Waals surface area contributed by atoms with E-state index in [1.54, 1.807) is 0 Å². The van der Waals surface area contributed by atoms with Crippen molar-refractivity contribution >= 4 is 0 Å². The zero-order chi connectivity index (χ0) is 22.9. The summed E-state index contributed by atoms with van der Waals surface area (Å²) in [4.78, 5) is 0. The minimum absolute atomic E-state index is 0. The van der Waals surface area contributed by atoms with E-state index in [2.05, 4.69) is 6.92 Å². The third kappa shape index (κ3) is 6.97. The van der Waals surface area contributed by atoms with Crippen LogP contribution in [0.15, 0.2) is 0 Å². The molecule has 0 aromatic rings. The van der Waals surface area contributed by atoms with E-state index in [0.717, 1.165) is 60.6 Å². The lowest BCUT2D eigenvalue weighted by Crippen LogP contribution is -2.53. The highest BCUT2D eigenvalue weighted by Crippen LogP contribution is 2.56. The van der Waals surface area contributed by atoms with Gasteiger partial charge in [-0.1, -0.05) is 71.1 Å². The first-order valence-electron chi connectivity index (χ1n) is 16.0. The van der Waals surface area contributed by atoms with Crippen LogP contribution in [0.5, 0.6) is 0 Å². The first-order chi connectivity index (χ1) is 16.8. The first-order valence-corrected chi connectivity index (χ1v) is 16.0. The van der Waals surface area contributed by atoms with Crippen molar-refractivity contribution in [1.82, 2.24) is 0 Å². The van der Waals surface area contributed by atoms with Gasteiger partial charge in [-0.15, -0.1) is 0 Å². The molecule has 6 fully saturated rings. The topological polar surface area (TPSA) is 144 Å². The maximum atomic E-state index is 7.10. The van der Waals surface area contributed by atoms with E-state index in [9.17, 15) is 0 Å². The molecule has 5 saturated carbocycles. The van der Waals surface area contributed by atoms with Crippen molar-refractivity contribution in [3.63, 3.8) is 0 Å². The summed E-state index contributed by atoms with van der Waals surface area (Å²) in [6.45, 7) is 4.35. The van der Waals surface area contributed by atoms with Crippen LogP contribution in [0.1, 0.15) is 124 Å². The van der Waals surface area contributed by atoms with Gasteiger partial charge in [-0.2, -0.15) is 0 Å². The van der Waals surface area contributed by atoms with Crippen LogP contribution in [0.25, 0.3) is 0 Å². The average molecular weight is 545 g/mol. The highest BCUT2D eigenvalue weighted by Gasteiger charge is 2.53. The van der Waals surface area contributed by atoms with Crippen LogP contribution < -0.4 is 0 Å². The molecule has 8 atom stereocenters. The molecule has 0 aromatic carbocycles. The lowest BCUT2D eigenvalue weighted by atomic mass is 9.53. The van der Waals surface area contributed by atoms with Gasteiger partial charge in [-0.25, -0.2) is 0 Å². The second kappa shape index (κ2) is 15.7. The number of hydrogen-bond donors (Lipinski definition) is 0. The normalized spacial score (nSPS) is 44.6. The van der Waals surface area contributed by atoms with Gasteiger partial charge in [0.05, 0.1) is 25.4 Å². The van der Waals surface area contributed by atoms with Gasteiger partial charge in [0.1, 0.15) is 0 Å². The van der Waals surface area contributed by atoms with E-state index in [0.29, 0.717) is 18.1 Å². The maximum absolute atomic E-state index is 7.10. The number of rotatable bonds is 3. The van der Waals surface area contributed by atoms with E-state index < -0.39 is 0 Å². The fourth-order valence-corrected chi connectivity index (χ4v) is 10.5. The minimum Gasteiger partial charge on any atom is -0.412 e. The third-order valence-electron chi connectivity index (χ3n) is 12.2. The molecular weight excluding hydrogens is 480 g/mol. The Hall–Kier alpha value is -0.240. The molecule has 0 amide bonds. The molecule has 8 unspecified atom stereocenters. The molecule has 8 N–H and O–H groups in total. The predicted molar refractivity (Wildman–Crippen MR) is 156 cm³/mol. The van der Waals surface area contributed by atoms with Crippen LogP contribution in [0.4, 0.5) is 0 Å². The van der Waals surface area contributed by atoms with E-state index in [4.69, 9.17) is 9.47 Å². The molecule has 0 aromatic heterocycles. The number of ether oxygens (including phenoxy) is 2. The quantitative estimate of drug-likeness (QED) is 0.470. The number of hydrogen-bond acceptors (Lipinski definition) is 2. The van der Waals surface area contributed by atoms with E-state index >= 15 is 0 Å². The summed E-state index contributed by atoms with van der Waals surface area (Å²) in [6.07, 6.45) is 27.2.